The minimum atomic E-state index is 0.684. The molecule has 108 valence electrons. The number of aromatic amines is 1. The van der Waals surface area contributed by atoms with Gasteiger partial charge in [-0.25, -0.2) is 0 Å². The largest absolute Gasteiger partial charge is 0.497 e. The highest BCUT2D eigenvalue weighted by molar-refractivity contribution is 7.71. The number of methoxy groups -OCH3 is 2. The molecule has 0 fully saturated rings. The lowest BCUT2D eigenvalue weighted by molar-refractivity contribution is 0.414. The number of ether oxygens (including phenoxy) is 2. The summed E-state index contributed by atoms with van der Waals surface area (Å²) in [7, 11) is 3.33. The lowest BCUT2D eigenvalue weighted by Crippen LogP contribution is -2.00. The summed E-state index contributed by atoms with van der Waals surface area (Å²) in [6.07, 6.45) is 0. The number of H-pyrrole nitrogens is 1. The normalized spacial score (nSPS) is 10.8. The molecule has 0 amide bonds. The van der Waals surface area contributed by atoms with Gasteiger partial charge in [0.1, 0.15) is 11.5 Å². The van der Waals surface area contributed by atoms with Gasteiger partial charge >= 0.3 is 0 Å². The maximum Gasteiger partial charge on any atom is 0.178 e. The predicted molar refractivity (Wildman–Crippen MR) is 85.8 cm³/mol. The van der Waals surface area contributed by atoms with Crippen LogP contribution >= 0.6 is 12.2 Å². The Morgan fingerprint density at radius 2 is 1.81 bits per heavy atom. The Balaban J connectivity index is 2.06. The Morgan fingerprint density at radius 1 is 1.05 bits per heavy atom. The molecule has 0 atom stereocenters. The van der Waals surface area contributed by atoms with Gasteiger partial charge < -0.3 is 19.0 Å². The van der Waals surface area contributed by atoms with Gasteiger partial charge in [-0.3, -0.25) is 0 Å². The van der Waals surface area contributed by atoms with E-state index in [1.165, 1.54) is 0 Å². The maximum absolute atomic E-state index is 5.43. The summed E-state index contributed by atoms with van der Waals surface area (Å²) < 4.78 is 13.3. The van der Waals surface area contributed by atoms with Gasteiger partial charge in [-0.1, -0.05) is 12.1 Å². The van der Waals surface area contributed by atoms with E-state index in [0.717, 1.165) is 28.1 Å². The first kappa shape index (κ1) is 13.7. The molecule has 1 N–H and O–H groups in total. The number of aromatic nitrogens is 2. The summed E-state index contributed by atoms with van der Waals surface area (Å²) in [5, 5.41) is 0. The van der Waals surface area contributed by atoms with Crippen LogP contribution in [0.25, 0.3) is 11.0 Å². The van der Waals surface area contributed by atoms with Crippen LogP contribution in [-0.2, 0) is 6.54 Å². The zero-order valence-electron chi connectivity index (χ0n) is 11.9. The lowest BCUT2D eigenvalue weighted by atomic mass is 10.2. The van der Waals surface area contributed by atoms with Gasteiger partial charge in [0.15, 0.2) is 4.77 Å². The van der Waals surface area contributed by atoms with E-state index >= 15 is 0 Å². The lowest BCUT2D eigenvalue weighted by Gasteiger charge is -2.07. The Hall–Kier alpha value is -2.27. The average Bonchev–Trinajstić information content (AvgIpc) is 2.82. The SMILES string of the molecule is COc1cccc(Cn2c(=S)[nH]c3ccc(OC)cc32)c1. The minimum absolute atomic E-state index is 0.684. The van der Waals surface area contributed by atoms with Crippen LogP contribution in [0.15, 0.2) is 42.5 Å². The second kappa shape index (κ2) is 5.61. The number of benzene rings is 2. The molecular weight excluding hydrogens is 284 g/mol. The van der Waals surface area contributed by atoms with E-state index in [1.54, 1.807) is 14.2 Å². The molecule has 0 aliphatic carbocycles. The van der Waals surface area contributed by atoms with Gasteiger partial charge in [0.25, 0.3) is 0 Å². The third-order valence-corrected chi connectivity index (χ3v) is 3.78. The van der Waals surface area contributed by atoms with Gasteiger partial charge in [0, 0.05) is 6.07 Å². The molecule has 0 aliphatic heterocycles. The van der Waals surface area contributed by atoms with Gasteiger partial charge in [0.2, 0.25) is 0 Å². The molecule has 0 saturated heterocycles. The van der Waals surface area contributed by atoms with Crippen LogP contribution in [0.4, 0.5) is 0 Å². The molecule has 21 heavy (non-hydrogen) atoms. The first-order valence-corrected chi connectivity index (χ1v) is 7.01. The molecule has 1 heterocycles. The van der Waals surface area contributed by atoms with Crippen molar-refractivity contribution in [1.82, 2.24) is 9.55 Å². The highest BCUT2D eigenvalue weighted by Crippen LogP contribution is 2.22. The van der Waals surface area contributed by atoms with Crippen LogP contribution in [0.2, 0.25) is 0 Å². The zero-order chi connectivity index (χ0) is 14.8. The molecule has 1 aromatic heterocycles. The van der Waals surface area contributed by atoms with Crippen LogP contribution in [0, 0.1) is 4.77 Å². The van der Waals surface area contributed by atoms with Crippen LogP contribution in [-0.4, -0.2) is 23.8 Å². The van der Waals surface area contributed by atoms with E-state index in [4.69, 9.17) is 21.7 Å². The van der Waals surface area contributed by atoms with E-state index in [1.807, 2.05) is 36.4 Å². The number of fused-ring (bicyclic) bond motifs is 1. The predicted octanol–water partition coefficient (Wildman–Crippen LogP) is 3.76. The van der Waals surface area contributed by atoms with Crippen molar-refractivity contribution in [2.45, 2.75) is 6.54 Å². The smallest absolute Gasteiger partial charge is 0.178 e. The summed E-state index contributed by atoms with van der Waals surface area (Å²) in [4.78, 5) is 3.22. The van der Waals surface area contributed by atoms with Crippen molar-refractivity contribution >= 4 is 23.3 Å². The fraction of sp³-hybridized carbons (Fsp3) is 0.188. The van der Waals surface area contributed by atoms with E-state index in [2.05, 4.69) is 15.6 Å². The van der Waals surface area contributed by atoms with Gasteiger partial charge in [0.05, 0.1) is 31.8 Å². The molecule has 3 rings (SSSR count). The van der Waals surface area contributed by atoms with Crippen LogP contribution in [0.3, 0.4) is 0 Å². The number of imidazole rings is 1. The number of nitrogens with zero attached hydrogens (tertiary/aromatic N) is 1. The minimum Gasteiger partial charge on any atom is -0.497 e. The summed E-state index contributed by atoms with van der Waals surface area (Å²) >= 11 is 5.43. The third-order valence-electron chi connectivity index (χ3n) is 3.46. The third kappa shape index (κ3) is 2.64. The molecule has 4 nitrogen and oxygen atoms in total. The molecule has 0 bridgehead atoms. The Kier molecular flexibility index (Phi) is 3.66. The number of hydrogen-bond donors (Lipinski definition) is 1. The highest BCUT2D eigenvalue weighted by atomic mass is 32.1. The quantitative estimate of drug-likeness (QED) is 0.746. The zero-order valence-corrected chi connectivity index (χ0v) is 12.7. The van der Waals surface area contributed by atoms with Crippen molar-refractivity contribution < 1.29 is 9.47 Å². The Bertz CT molecular complexity index is 836. The topological polar surface area (TPSA) is 39.2 Å². The first-order valence-electron chi connectivity index (χ1n) is 6.61. The molecule has 5 heteroatoms. The summed E-state index contributed by atoms with van der Waals surface area (Å²) in [5.41, 5.74) is 3.17. The second-order valence-electron chi connectivity index (χ2n) is 4.75. The van der Waals surface area contributed by atoms with Crippen LogP contribution in [0.1, 0.15) is 5.56 Å². The van der Waals surface area contributed by atoms with Crippen molar-refractivity contribution in [3.05, 3.63) is 52.8 Å². The number of nitrogens with one attached hydrogen (secondary N) is 1. The second-order valence-corrected chi connectivity index (χ2v) is 5.14. The summed E-state index contributed by atoms with van der Waals surface area (Å²) in [6.45, 7) is 0.684. The highest BCUT2D eigenvalue weighted by Gasteiger charge is 2.07. The van der Waals surface area contributed by atoms with E-state index in [0.29, 0.717) is 11.3 Å². The molecular formula is C16H16N2O2S. The van der Waals surface area contributed by atoms with Gasteiger partial charge in [-0.15, -0.1) is 0 Å². The Morgan fingerprint density at radius 3 is 2.57 bits per heavy atom. The Labute approximate surface area is 127 Å². The number of hydrogen-bond acceptors (Lipinski definition) is 3. The molecule has 0 saturated carbocycles. The molecule has 0 radical (unpaired) electrons. The van der Waals surface area contributed by atoms with E-state index in [-0.39, 0.29) is 0 Å². The van der Waals surface area contributed by atoms with Crippen molar-refractivity contribution in [2.24, 2.45) is 0 Å². The maximum atomic E-state index is 5.43. The first-order chi connectivity index (χ1) is 10.2. The van der Waals surface area contributed by atoms with Crippen molar-refractivity contribution in [3.8, 4) is 11.5 Å². The van der Waals surface area contributed by atoms with Gasteiger partial charge in [-0.05, 0) is 42.0 Å². The molecule has 0 unspecified atom stereocenters. The molecule has 2 aromatic carbocycles. The fourth-order valence-electron chi connectivity index (χ4n) is 2.37. The fourth-order valence-corrected chi connectivity index (χ4v) is 2.64. The monoisotopic (exact) mass is 300 g/mol. The van der Waals surface area contributed by atoms with E-state index in [9.17, 15) is 0 Å². The molecule has 3 aromatic rings. The average molecular weight is 300 g/mol. The summed E-state index contributed by atoms with van der Waals surface area (Å²) in [6, 6.07) is 13.9. The van der Waals surface area contributed by atoms with Crippen molar-refractivity contribution in [3.63, 3.8) is 0 Å². The van der Waals surface area contributed by atoms with Gasteiger partial charge in [-0.2, -0.15) is 0 Å². The van der Waals surface area contributed by atoms with Crippen LogP contribution in [0.5, 0.6) is 11.5 Å². The summed E-state index contributed by atoms with van der Waals surface area (Å²) in [5.74, 6) is 1.66. The number of rotatable bonds is 4. The van der Waals surface area contributed by atoms with Crippen molar-refractivity contribution in [1.29, 1.82) is 0 Å². The van der Waals surface area contributed by atoms with E-state index < -0.39 is 0 Å². The standard InChI is InChI=1S/C16H16N2O2S/c1-19-12-5-3-4-11(8-12)10-18-15-9-13(20-2)6-7-14(15)17-16(18)21/h3-9H,10H2,1-2H3,(H,17,21). The molecule has 0 aliphatic rings. The molecule has 0 spiro atoms. The van der Waals surface area contributed by atoms with Crippen LogP contribution < -0.4 is 9.47 Å². The van der Waals surface area contributed by atoms with Crippen molar-refractivity contribution in [2.75, 3.05) is 14.2 Å².